The number of carboxylic acid groups (broad SMARTS) is 1. The number of carboxylic acids is 1. The molecule has 0 unspecified atom stereocenters. The molecule has 1 heterocycles. The van der Waals surface area contributed by atoms with Gasteiger partial charge in [0.2, 0.25) is 5.91 Å². The highest BCUT2D eigenvalue weighted by molar-refractivity contribution is 5.79. The first-order valence-corrected chi connectivity index (χ1v) is 9.47. The van der Waals surface area contributed by atoms with Crippen LogP contribution in [0.5, 0.6) is 0 Å². The zero-order valence-corrected chi connectivity index (χ0v) is 16.0. The van der Waals surface area contributed by atoms with Crippen molar-refractivity contribution < 1.29 is 14.7 Å². The smallest absolute Gasteiger partial charge is 0.317 e. The van der Waals surface area contributed by atoms with E-state index in [1.807, 2.05) is 11.8 Å². The third-order valence-electron chi connectivity index (χ3n) is 4.73. The van der Waals surface area contributed by atoms with Gasteiger partial charge in [-0.25, -0.2) is 0 Å². The number of hydrogen-bond donors (Lipinski definition) is 1. The van der Waals surface area contributed by atoms with Crippen molar-refractivity contribution in [2.45, 2.75) is 33.2 Å². The van der Waals surface area contributed by atoms with Gasteiger partial charge in [0.15, 0.2) is 0 Å². The Bertz CT molecular complexity index is 588. The van der Waals surface area contributed by atoms with Crippen molar-refractivity contribution in [2.75, 3.05) is 45.8 Å². The Labute approximate surface area is 156 Å². The van der Waals surface area contributed by atoms with Crippen LogP contribution in [0.3, 0.4) is 0 Å². The van der Waals surface area contributed by atoms with E-state index in [0.29, 0.717) is 13.1 Å². The maximum absolute atomic E-state index is 12.6. The predicted octanol–water partition coefficient (Wildman–Crippen LogP) is 1.83. The van der Waals surface area contributed by atoms with Gasteiger partial charge in [0, 0.05) is 32.7 Å². The van der Waals surface area contributed by atoms with Crippen molar-refractivity contribution in [3.05, 3.63) is 35.4 Å². The summed E-state index contributed by atoms with van der Waals surface area (Å²) in [4.78, 5) is 29.6. The minimum atomic E-state index is -0.883. The van der Waals surface area contributed by atoms with Crippen LogP contribution in [-0.4, -0.2) is 77.5 Å². The molecule has 26 heavy (non-hydrogen) atoms. The fourth-order valence-electron chi connectivity index (χ4n) is 3.34. The molecule has 2 rings (SSSR count). The molecule has 1 aliphatic rings. The van der Waals surface area contributed by atoms with E-state index in [4.69, 9.17) is 5.11 Å². The van der Waals surface area contributed by atoms with Gasteiger partial charge in [0.25, 0.3) is 0 Å². The molecule has 1 aliphatic heterocycles. The molecule has 1 N–H and O–H groups in total. The van der Waals surface area contributed by atoms with E-state index in [1.54, 1.807) is 4.90 Å². The number of aryl methyl sites for hydroxylation is 1. The van der Waals surface area contributed by atoms with Crippen LogP contribution < -0.4 is 0 Å². The van der Waals surface area contributed by atoms with Crippen LogP contribution in [0.25, 0.3) is 0 Å². The van der Waals surface area contributed by atoms with Crippen LogP contribution >= 0.6 is 0 Å². The van der Waals surface area contributed by atoms with E-state index in [0.717, 1.165) is 39.0 Å². The predicted molar refractivity (Wildman–Crippen MR) is 102 cm³/mol. The van der Waals surface area contributed by atoms with Crippen molar-refractivity contribution in [3.8, 4) is 0 Å². The SMILES string of the molecule is CCCN(CC(=O)O)CC(=O)N1CCCN(Cc2ccc(C)cc2)CC1. The van der Waals surface area contributed by atoms with Crippen molar-refractivity contribution >= 4 is 11.9 Å². The highest BCUT2D eigenvalue weighted by atomic mass is 16.4. The van der Waals surface area contributed by atoms with Crippen LogP contribution in [0.15, 0.2) is 24.3 Å². The number of hydrogen-bond acceptors (Lipinski definition) is 4. The molecule has 0 spiro atoms. The van der Waals surface area contributed by atoms with E-state index in [2.05, 4.69) is 36.1 Å². The van der Waals surface area contributed by atoms with Crippen LogP contribution in [0.4, 0.5) is 0 Å². The van der Waals surface area contributed by atoms with Crippen molar-refractivity contribution in [1.82, 2.24) is 14.7 Å². The average molecular weight is 361 g/mol. The quantitative estimate of drug-likeness (QED) is 0.765. The van der Waals surface area contributed by atoms with E-state index >= 15 is 0 Å². The van der Waals surface area contributed by atoms with Gasteiger partial charge in [0.1, 0.15) is 0 Å². The molecule has 144 valence electrons. The molecule has 0 aromatic heterocycles. The van der Waals surface area contributed by atoms with Gasteiger partial charge in [-0.15, -0.1) is 0 Å². The number of amides is 1. The van der Waals surface area contributed by atoms with Gasteiger partial charge in [-0.05, 0) is 31.9 Å². The minimum Gasteiger partial charge on any atom is -0.480 e. The largest absolute Gasteiger partial charge is 0.480 e. The Hall–Kier alpha value is -1.92. The first-order chi connectivity index (χ1) is 12.5. The molecule has 1 aromatic rings. The molecule has 0 saturated carbocycles. The Morgan fingerprint density at radius 1 is 1.08 bits per heavy atom. The number of carbonyl (C=O) groups is 2. The summed E-state index contributed by atoms with van der Waals surface area (Å²) in [6.45, 7) is 9.02. The van der Waals surface area contributed by atoms with Gasteiger partial charge in [0.05, 0.1) is 13.1 Å². The van der Waals surface area contributed by atoms with Gasteiger partial charge in [-0.3, -0.25) is 19.4 Å². The van der Waals surface area contributed by atoms with Gasteiger partial charge >= 0.3 is 5.97 Å². The van der Waals surface area contributed by atoms with Crippen LogP contribution in [-0.2, 0) is 16.1 Å². The lowest BCUT2D eigenvalue weighted by atomic mass is 10.1. The van der Waals surface area contributed by atoms with Gasteiger partial charge < -0.3 is 10.0 Å². The highest BCUT2D eigenvalue weighted by Gasteiger charge is 2.21. The summed E-state index contributed by atoms with van der Waals surface area (Å²) in [6.07, 6.45) is 1.79. The first-order valence-electron chi connectivity index (χ1n) is 9.47. The second kappa shape index (κ2) is 10.3. The molecule has 0 radical (unpaired) electrons. The molecule has 0 aliphatic carbocycles. The lowest BCUT2D eigenvalue weighted by Crippen LogP contribution is -2.43. The van der Waals surface area contributed by atoms with Crippen LogP contribution in [0.2, 0.25) is 0 Å². The van der Waals surface area contributed by atoms with Gasteiger partial charge in [-0.2, -0.15) is 0 Å². The monoisotopic (exact) mass is 361 g/mol. The molecule has 0 bridgehead atoms. The average Bonchev–Trinajstić information content (AvgIpc) is 2.82. The Morgan fingerprint density at radius 3 is 2.46 bits per heavy atom. The molecule has 1 fully saturated rings. The maximum atomic E-state index is 12.6. The molecular weight excluding hydrogens is 330 g/mol. The lowest BCUT2D eigenvalue weighted by molar-refractivity contribution is -0.139. The number of benzene rings is 1. The molecule has 0 atom stereocenters. The molecular formula is C20H31N3O3. The minimum absolute atomic E-state index is 0.0388. The summed E-state index contributed by atoms with van der Waals surface area (Å²) in [5, 5.41) is 9.00. The highest BCUT2D eigenvalue weighted by Crippen LogP contribution is 2.11. The second-order valence-electron chi connectivity index (χ2n) is 7.10. The zero-order valence-electron chi connectivity index (χ0n) is 16.0. The van der Waals surface area contributed by atoms with E-state index in [-0.39, 0.29) is 19.0 Å². The molecule has 1 saturated heterocycles. The molecule has 6 nitrogen and oxygen atoms in total. The summed E-state index contributed by atoms with van der Waals surface area (Å²) in [5.41, 5.74) is 2.56. The van der Waals surface area contributed by atoms with Crippen molar-refractivity contribution in [3.63, 3.8) is 0 Å². The second-order valence-corrected chi connectivity index (χ2v) is 7.10. The topological polar surface area (TPSA) is 64.1 Å². The van der Waals surface area contributed by atoms with Crippen molar-refractivity contribution in [2.24, 2.45) is 0 Å². The summed E-state index contributed by atoms with van der Waals surface area (Å²) >= 11 is 0. The third-order valence-corrected chi connectivity index (χ3v) is 4.73. The summed E-state index contributed by atoms with van der Waals surface area (Å²) in [6, 6.07) is 8.59. The Kier molecular flexibility index (Phi) is 8.06. The Balaban J connectivity index is 1.85. The van der Waals surface area contributed by atoms with Crippen LogP contribution in [0.1, 0.15) is 30.9 Å². The third kappa shape index (κ3) is 6.77. The molecule has 1 amide bonds. The van der Waals surface area contributed by atoms with Crippen molar-refractivity contribution in [1.29, 1.82) is 0 Å². The van der Waals surface area contributed by atoms with Crippen LogP contribution in [0, 0.1) is 6.92 Å². The molecule has 1 aromatic carbocycles. The summed E-state index contributed by atoms with van der Waals surface area (Å²) < 4.78 is 0. The Morgan fingerprint density at radius 2 is 1.81 bits per heavy atom. The first kappa shape index (κ1) is 20.4. The zero-order chi connectivity index (χ0) is 18.9. The summed E-state index contributed by atoms with van der Waals surface area (Å²) in [5.74, 6) is -0.844. The van der Waals surface area contributed by atoms with E-state index < -0.39 is 5.97 Å². The number of rotatable bonds is 8. The normalized spacial score (nSPS) is 15.9. The standard InChI is InChI=1S/C20H31N3O3/c1-3-9-22(16-20(25)26)15-19(24)23-11-4-10-21(12-13-23)14-18-7-5-17(2)6-8-18/h5-8H,3-4,9-16H2,1-2H3,(H,25,26). The fourth-order valence-corrected chi connectivity index (χ4v) is 3.34. The molecule has 6 heteroatoms. The number of aliphatic carboxylic acids is 1. The van der Waals surface area contributed by atoms with E-state index in [1.165, 1.54) is 11.1 Å². The van der Waals surface area contributed by atoms with Gasteiger partial charge in [-0.1, -0.05) is 36.8 Å². The fraction of sp³-hybridized carbons (Fsp3) is 0.600. The van der Waals surface area contributed by atoms with E-state index in [9.17, 15) is 9.59 Å². The number of nitrogens with zero attached hydrogens (tertiary/aromatic N) is 3. The summed E-state index contributed by atoms with van der Waals surface area (Å²) in [7, 11) is 0. The number of carbonyl (C=O) groups excluding carboxylic acids is 1. The lowest BCUT2D eigenvalue weighted by Gasteiger charge is -2.25. The maximum Gasteiger partial charge on any atom is 0.317 e.